The quantitative estimate of drug-likeness (QED) is 0.798. The molecule has 2 aromatic rings. The number of nitrogens with one attached hydrogen (secondary N) is 1. The molecule has 1 unspecified atom stereocenters. The second kappa shape index (κ2) is 7.07. The predicted octanol–water partition coefficient (Wildman–Crippen LogP) is 5.22. The maximum Gasteiger partial charge on any atom is 0.146 e. The Hall–Kier alpha value is -1.09. The summed E-state index contributed by atoms with van der Waals surface area (Å²) in [5.41, 5.74) is 1.51. The van der Waals surface area contributed by atoms with Crippen LogP contribution >= 0.6 is 23.2 Å². The molecule has 0 aromatic heterocycles. The third kappa shape index (κ3) is 3.51. The molecule has 4 heteroatoms. The van der Waals surface area contributed by atoms with Gasteiger partial charge in [-0.25, -0.2) is 4.39 Å². The predicted molar refractivity (Wildman–Crippen MR) is 83.0 cm³/mol. The standard InChI is InChI=1S/C16H16Cl2FN/c1-2-10-20-16(11-6-8-12(17)9-7-11)13-4-3-5-14(18)15(13)19/h3-9,16,20H,2,10H2,1H3. The zero-order chi connectivity index (χ0) is 14.5. The van der Waals surface area contributed by atoms with Crippen LogP contribution in [0.4, 0.5) is 4.39 Å². The molecule has 1 nitrogen and oxygen atoms in total. The first-order chi connectivity index (χ1) is 9.63. The summed E-state index contributed by atoms with van der Waals surface area (Å²) in [4.78, 5) is 0. The SMILES string of the molecule is CCCNC(c1ccc(Cl)cc1)c1cccc(Cl)c1F. The van der Waals surface area contributed by atoms with E-state index in [1.165, 1.54) is 0 Å². The third-order valence-electron chi connectivity index (χ3n) is 3.09. The Morgan fingerprint density at radius 2 is 1.80 bits per heavy atom. The lowest BCUT2D eigenvalue weighted by Crippen LogP contribution is -2.24. The van der Waals surface area contributed by atoms with Crippen LogP contribution in [0.1, 0.15) is 30.5 Å². The molecule has 2 rings (SSSR count). The Balaban J connectivity index is 2.41. The first-order valence-electron chi connectivity index (χ1n) is 6.56. The zero-order valence-corrected chi connectivity index (χ0v) is 12.7. The summed E-state index contributed by atoms with van der Waals surface area (Å²) in [6.45, 7) is 2.86. The number of benzene rings is 2. The normalized spacial score (nSPS) is 12.4. The molecule has 0 amide bonds. The van der Waals surface area contributed by atoms with Gasteiger partial charge in [-0.05, 0) is 36.7 Å². The highest BCUT2D eigenvalue weighted by Gasteiger charge is 2.18. The van der Waals surface area contributed by atoms with Crippen LogP contribution in [0.25, 0.3) is 0 Å². The smallest absolute Gasteiger partial charge is 0.146 e. The van der Waals surface area contributed by atoms with Gasteiger partial charge in [0, 0.05) is 10.6 Å². The Bertz CT molecular complexity index is 569. The van der Waals surface area contributed by atoms with E-state index in [1.54, 1.807) is 30.3 Å². The van der Waals surface area contributed by atoms with E-state index >= 15 is 0 Å². The number of hydrogen-bond acceptors (Lipinski definition) is 1. The molecule has 0 bridgehead atoms. The van der Waals surface area contributed by atoms with Gasteiger partial charge < -0.3 is 5.32 Å². The van der Waals surface area contributed by atoms with Crippen LogP contribution in [0, 0.1) is 5.82 Å². The van der Waals surface area contributed by atoms with Crippen LogP contribution in [0.15, 0.2) is 42.5 Å². The highest BCUT2D eigenvalue weighted by molar-refractivity contribution is 6.31. The molecule has 20 heavy (non-hydrogen) atoms. The minimum atomic E-state index is -0.377. The van der Waals surface area contributed by atoms with Gasteiger partial charge in [-0.15, -0.1) is 0 Å². The number of hydrogen-bond donors (Lipinski definition) is 1. The van der Waals surface area contributed by atoms with Crippen molar-refractivity contribution in [2.24, 2.45) is 0 Å². The van der Waals surface area contributed by atoms with Crippen LogP contribution in [-0.4, -0.2) is 6.54 Å². The Morgan fingerprint density at radius 1 is 1.10 bits per heavy atom. The van der Waals surface area contributed by atoms with Gasteiger partial charge in [0.05, 0.1) is 11.1 Å². The molecule has 0 saturated carbocycles. The van der Waals surface area contributed by atoms with Gasteiger partial charge in [-0.1, -0.05) is 54.4 Å². The van der Waals surface area contributed by atoms with Crippen molar-refractivity contribution in [1.29, 1.82) is 0 Å². The zero-order valence-electron chi connectivity index (χ0n) is 11.2. The first kappa shape index (κ1) is 15.3. The van der Waals surface area contributed by atoms with Gasteiger partial charge in [-0.2, -0.15) is 0 Å². The van der Waals surface area contributed by atoms with Crippen molar-refractivity contribution < 1.29 is 4.39 Å². The number of halogens is 3. The van der Waals surface area contributed by atoms with Gasteiger partial charge in [0.2, 0.25) is 0 Å². The molecule has 0 spiro atoms. The van der Waals surface area contributed by atoms with Crippen LogP contribution in [-0.2, 0) is 0 Å². The molecule has 0 aliphatic rings. The number of rotatable bonds is 5. The second-order valence-corrected chi connectivity index (χ2v) is 5.43. The molecule has 0 saturated heterocycles. The summed E-state index contributed by atoms with van der Waals surface area (Å²) < 4.78 is 14.2. The minimum absolute atomic E-state index is 0.139. The maximum absolute atomic E-state index is 14.2. The molecule has 1 atom stereocenters. The van der Waals surface area contributed by atoms with Gasteiger partial charge in [-0.3, -0.25) is 0 Å². The van der Waals surface area contributed by atoms with Gasteiger partial charge in [0.1, 0.15) is 5.82 Å². The minimum Gasteiger partial charge on any atom is -0.306 e. The van der Waals surface area contributed by atoms with E-state index in [0.29, 0.717) is 10.6 Å². The fourth-order valence-corrected chi connectivity index (χ4v) is 2.40. The van der Waals surface area contributed by atoms with E-state index < -0.39 is 0 Å². The van der Waals surface area contributed by atoms with Crippen molar-refractivity contribution in [3.8, 4) is 0 Å². The molecule has 2 aromatic carbocycles. The van der Waals surface area contributed by atoms with Crippen molar-refractivity contribution in [3.05, 3.63) is 69.5 Å². The highest BCUT2D eigenvalue weighted by Crippen LogP contribution is 2.28. The Kier molecular flexibility index (Phi) is 5.41. The van der Waals surface area contributed by atoms with Crippen molar-refractivity contribution in [2.75, 3.05) is 6.54 Å². The fourth-order valence-electron chi connectivity index (χ4n) is 2.09. The van der Waals surface area contributed by atoms with Gasteiger partial charge in [0.15, 0.2) is 0 Å². The molecule has 0 heterocycles. The van der Waals surface area contributed by atoms with Crippen LogP contribution in [0.3, 0.4) is 0 Å². The Labute approximate surface area is 128 Å². The lowest BCUT2D eigenvalue weighted by Gasteiger charge is -2.20. The molecule has 0 fully saturated rings. The second-order valence-electron chi connectivity index (χ2n) is 4.58. The molecule has 0 aliphatic heterocycles. The maximum atomic E-state index is 14.2. The van der Waals surface area contributed by atoms with E-state index in [2.05, 4.69) is 12.2 Å². The summed E-state index contributed by atoms with van der Waals surface area (Å²) in [6.07, 6.45) is 0.965. The fraction of sp³-hybridized carbons (Fsp3) is 0.250. The van der Waals surface area contributed by atoms with Crippen molar-refractivity contribution >= 4 is 23.2 Å². The van der Waals surface area contributed by atoms with Crippen molar-refractivity contribution in [1.82, 2.24) is 5.32 Å². The molecule has 0 radical (unpaired) electrons. The molecule has 106 valence electrons. The molecular formula is C16H16Cl2FN. The third-order valence-corrected chi connectivity index (χ3v) is 3.64. The summed E-state index contributed by atoms with van der Waals surface area (Å²) in [6, 6.07) is 12.2. The van der Waals surface area contributed by atoms with Crippen LogP contribution < -0.4 is 5.32 Å². The summed E-state index contributed by atoms with van der Waals surface area (Å²) in [5, 5.41) is 4.15. The molecule has 0 aliphatic carbocycles. The van der Waals surface area contributed by atoms with E-state index in [1.807, 2.05) is 12.1 Å². The lowest BCUT2D eigenvalue weighted by molar-refractivity contribution is 0.547. The van der Waals surface area contributed by atoms with Crippen molar-refractivity contribution in [2.45, 2.75) is 19.4 Å². The average Bonchev–Trinajstić information content (AvgIpc) is 2.45. The summed E-state index contributed by atoms with van der Waals surface area (Å²) in [7, 11) is 0. The van der Waals surface area contributed by atoms with Gasteiger partial charge in [0.25, 0.3) is 0 Å². The van der Waals surface area contributed by atoms with Crippen LogP contribution in [0.5, 0.6) is 0 Å². The highest BCUT2D eigenvalue weighted by atomic mass is 35.5. The van der Waals surface area contributed by atoms with Gasteiger partial charge >= 0.3 is 0 Å². The molecule has 1 N–H and O–H groups in total. The van der Waals surface area contributed by atoms with Crippen LogP contribution in [0.2, 0.25) is 10.0 Å². The van der Waals surface area contributed by atoms with E-state index in [-0.39, 0.29) is 16.9 Å². The summed E-state index contributed by atoms with van der Waals surface area (Å²) in [5.74, 6) is -0.377. The Morgan fingerprint density at radius 3 is 2.45 bits per heavy atom. The average molecular weight is 312 g/mol. The lowest BCUT2D eigenvalue weighted by atomic mass is 9.98. The molecular weight excluding hydrogens is 296 g/mol. The monoisotopic (exact) mass is 311 g/mol. The summed E-state index contributed by atoms with van der Waals surface area (Å²) >= 11 is 11.8. The van der Waals surface area contributed by atoms with E-state index in [0.717, 1.165) is 18.5 Å². The first-order valence-corrected chi connectivity index (χ1v) is 7.31. The topological polar surface area (TPSA) is 12.0 Å². The van der Waals surface area contributed by atoms with E-state index in [9.17, 15) is 4.39 Å². The van der Waals surface area contributed by atoms with Crippen molar-refractivity contribution in [3.63, 3.8) is 0 Å². The largest absolute Gasteiger partial charge is 0.306 e. The van der Waals surface area contributed by atoms with E-state index in [4.69, 9.17) is 23.2 Å².